The first-order chi connectivity index (χ1) is 8.71. The van der Waals surface area contributed by atoms with Crippen LogP contribution in [0.2, 0.25) is 0 Å². The Labute approximate surface area is 111 Å². The molecule has 0 spiro atoms. The van der Waals surface area contributed by atoms with Gasteiger partial charge in [-0.3, -0.25) is 4.79 Å². The van der Waals surface area contributed by atoms with Crippen LogP contribution in [0.25, 0.3) is 0 Å². The highest BCUT2D eigenvalue weighted by atomic mass is 32.2. The maximum absolute atomic E-state index is 11.6. The second-order valence-electron chi connectivity index (χ2n) is 4.59. The lowest BCUT2D eigenvalue weighted by Gasteiger charge is -2.24. The first-order valence-corrected chi connectivity index (χ1v) is 7.67. The van der Waals surface area contributed by atoms with E-state index >= 15 is 0 Å². The smallest absolute Gasteiger partial charge is 0.328 e. The predicted molar refractivity (Wildman–Crippen MR) is 66.3 cm³/mol. The number of amides is 1. The van der Waals surface area contributed by atoms with Crippen molar-refractivity contribution in [2.45, 2.75) is 31.5 Å². The minimum atomic E-state index is -3.15. The first kappa shape index (κ1) is 15.9. The minimum Gasteiger partial charge on any atom is -0.480 e. The molecule has 1 amide bonds. The van der Waals surface area contributed by atoms with Crippen molar-refractivity contribution in [2.75, 3.05) is 18.1 Å². The van der Waals surface area contributed by atoms with Crippen LogP contribution >= 0.6 is 0 Å². The third kappa shape index (κ3) is 5.13. The molecule has 0 radical (unpaired) electrons. The van der Waals surface area contributed by atoms with Crippen molar-refractivity contribution in [3.05, 3.63) is 0 Å². The molecule has 1 unspecified atom stereocenters. The van der Waals surface area contributed by atoms with E-state index in [1.165, 1.54) is 6.92 Å². The van der Waals surface area contributed by atoms with E-state index in [1.54, 1.807) is 0 Å². The van der Waals surface area contributed by atoms with Crippen molar-refractivity contribution in [1.82, 2.24) is 10.6 Å². The van der Waals surface area contributed by atoms with E-state index in [2.05, 4.69) is 10.6 Å². The molecule has 0 aromatic heterocycles. The van der Waals surface area contributed by atoms with Gasteiger partial charge in [-0.2, -0.15) is 0 Å². The quantitative estimate of drug-likeness (QED) is 0.448. The Morgan fingerprint density at radius 1 is 1.47 bits per heavy atom. The molecule has 1 rings (SSSR count). The summed E-state index contributed by atoms with van der Waals surface area (Å²) in [5, 5.41) is 23.1. The zero-order valence-electron chi connectivity index (χ0n) is 10.5. The minimum absolute atomic E-state index is 0.0382. The Morgan fingerprint density at radius 2 is 2.11 bits per heavy atom. The van der Waals surface area contributed by atoms with E-state index in [4.69, 9.17) is 5.11 Å². The van der Waals surface area contributed by atoms with Gasteiger partial charge in [0.25, 0.3) is 0 Å². The van der Waals surface area contributed by atoms with Gasteiger partial charge in [0.1, 0.15) is 0 Å². The number of hydrogen-bond donors (Lipinski definition) is 4. The Hall–Kier alpha value is -1.19. The lowest BCUT2D eigenvalue weighted by atomic mass is 10.1. The summed E-state index contributed by atoms with van der Waals surface area (Å²) in [6.45, 7) is 1.53. The Bertz CT molecular complexity index is 447. The summed E-state index contributed by atoms with van der Waals surface area (Å²) in [4.78, 5) is 22.4. The summed E-state index contributed by atoms with van der Waals surface area (Å²) in [7, 11) is -3.15. The number of aliphatic carboxylic acids is 1. The Morgan fingerprint density at radius 3 is 2.58 bits per heavy atom. The third-order valence-corrected chi connectivity index (χ3v) is 4.53. The van der Waals surface area contributed by atoms with Gasteiger partial charge in [0.15, 0.2) is 15.9 Å². The van der Waals surface area contributed by atoms with E-state index in [0.717, 1.165) is 0 Å². The van der Waals surface area contributed by atoms with Gasteiger partial charge >= 0.3 is 5.97 Å². The summed E-state index contributed by atoms with van der Waals surface area (Å²) >= 11 is 0. The molecule has 1 aliphatic heterocycles. The molecule has 1 aliphatic rings. The van der Waals surface area contributed by atoms with E-state index in [9.17, 15) is 23.1 Å². The van der Waals surface area contributed by atoms with Gasteiger partial charge in [-0.25, -0.2) is 13.2 Å². The van der Waals surface area contributed by atoms with Crippen LogP contribution in [0.3, 0.4) is 0 Å². The number of aliphatic hydroxyl groups is 1. The number of sulfone groups is 1. The molecule has 0 aliphatic carbocycles. The average Bonchev–Trinajstić information content (AvgIpc) is 2.23. The summed E-state index contributed by atoms with van der Waals surface area (Å²) in [6.07, 6.45) is -1.38. The molecule has 8 nitrogen and oxygen atoms in total. The number of rotatable bonds is 5. The van der Waals surface area contributed by atoms with Gasteiger partial charge in [0, 0.05) is 19.0 Å². The van der Waals surface area contributed by atoms with Crippen LogP contribution in [-0.2, 0) is 19.4 Å². The highest BCUT2D eigenvalue weighted by molar-refractivity contribution is 7.91. The lowest BCUT2D eigenvalue weighted by Crippen LogP contribution is -2.51. The summed E-state index contributed by atoms with van der Waals surface area (Å²) in [5.74, 6) is -2.06. The second kappa shape index (κ2) is 6.31. The summed E-state index contributed by atoms with van der Waals surface area (Å²) < 4.78 is 22.8. The standard InChI is InChI=1S/C10H18N2O6S/c1-6(13)9(10(15)16)12-8(14)4-7-5-19(17,18)3-2-11-7/h6-7,9,11,13H,2-5H2,1H3,(H,12,14)(H,15,16)/t6-,7?,9+/m1/s1. The van der Waals surface area contributed by atoms with Gasteiger partial charge in [0.2, 0.25) is 5.91 Å². The van der Waals surface area contributed by atoms with Crippen LogP contribution in [0, 0.1) is 0 Å². The van der Waals surface area contributed by atoms with Crippen molar-refractivity contribution in [3.63, 3.8) is 0 Å². The number of hydrogen-bond acceptors (Lipinski definition) is 6. The highest BCUT2D eigenvalue weighted by Gasteiger charge is 2.29. The summed E-state index contributed by atoms with van der Waals surface area (Å²) in [5.41, 5.74) is 0. The van der Waals surface area contributed by atoms with Crippen LogP contribution in [0.1, 0.15) is 13.3 Å². The SMILES string of the molecule is C[C@@H](O)[C@H](NC(=O)CC1CS(=O)(=O)CCN1)C(=O)O. The van der Waals surface area contributed by atoms with Crippen LogP contribution in [0.15, 0.2) is 0 Å². The molecule has 3 atom stereocenters. The third-order valence-electron chi connectivity index (χ3n) is 2.80. The highest BCUT2D eigenvalue weighted by Crippen LogP contribution is 2.05. The van der Waals surface area contributed by atoms with E-state index < -0.39 is 39.9 Å². The molecular weight excluding hydrogens is 276 g/mol. The summed E-state index contributed by atoms with van der Waals surface area (Å²) in [6, 6.07) is -1.92. The molecule has 9 heteroatoms. The molecule has 4 N–H and O–H groups in total. The fourth-order valence-corrected chi connectivity index (χ4v) is 3.29. The maximum atomic E-state index is 11.6. The van der Waals surface area contributed by atoms with Crippen molar-refractivity contribution in [2.24, 2.45) is 0 Å². The number of aliphatic hydroxyl groups excluding tert-OH is 1. The molecule has 0 aromatic rings. The largest absolute Gasteiger partial charge is 0.480 e. The molecule has 110 valence electrons. The van der Waals surface area contributed by atoms with Gasteiger partial charge in [-0.15, -0.1) is 0 Å². The lowest BCUT2D eigenvalue weighted by molar-refractivity contribution is -0.144. The number of carbonyl (C=O) groups excluding carboxylic acids is 1. The Balaban J connectivity index is 2.53. The van der Waals surface area contributed by atoms with Gasteiger partial charge in [-0.1, -0.05) is 0 Å². The fourth-order valence-electron chi connectivity index (χ4n) is 1.84. The molecule has 19 heavy (non-hydrogen) atoms. The van der Waals surface area contributed by atoms with Crippen molar-refractivity contribution < 1.29 is 28.2 Å². The van der Waals surface area contributed by atoms with Crippen molar-refractivity contribution in [3.8, 4) is 0 Å². The zero-order chi connectivity index (χ0) is 14.6. The molecule has 0 aromatic carbocycles. The molecule has 1 saturated heterocycles. The van der Waals surface area contributed by atoms with Gasteiger partial charge in [0.05, 0.1) is 17.6 Å². The zero-order valence-corrected chi connectivity index (χ0v) is 11.3. The molecule has 0 saturated carbocycles. The van der Waals surface area contributed by atoms with Crippen LogP contribution < -0.4 is 10.6 Å². The molecule has 0 bridgehead atoms. The molecule has 1 heterocycles. The van der Waals surface area contributed by atoms with Gasteiger partial charge < -0.3 is 20.8 Å². The number of carboxylic acids is 1. The average molecular weight is 294 g/mol. The van der Waals surface area contributed by atoms with Crippen molar-refractivity contribution in [1.29, 1.82) is 0 Å². The maximum Gasteiger partial charge on any atom is 0.328 e. The number of carbonyl (C=O) groups is 2. The van der Waals surface area contributed by atoms with Crippen molar-refractivity contribution >= 4 is 21.7 Å². The predicted octanol–water partition coefficient (Wildman–Crippen LogP) is -2.29. The normalized spacial score (nSPS) is 25.3. The van der Waals surface area contributed by atoms with E-state index in [0.29, 0.717) is 0 Å². The second-order valence-corrected chi connectivity index (χ2v) is 6.82. The Kier molecular flexibility index (Phi) is 5.27. The van der Waals surface area contributed by atoms with Crippen LogP contribution in [0.5, 0.6) is 0 Å². The topological polar surface area (TPSA) is 133 Å². The fraction of sp³-hybridized carbons (Fsp3) is 0.800. The van der Waals surface area contributed by atoms with Crippen LogP contribution in [-0.4, -0.2) is 66.7 Å². The van der Waals surface area contributed by atoms with Crippen LogP contribution in [0.4, 0.5) is 0 Å². The molecular formula is C10H18N2O6S. The number of carboxylic acid groups (broad SMARTS) is 1. The number of nitrogens with one attached hydrogen (secondary N) is 2. The molecule has 1 fully saturated rings. The monoisotopic (exact) mass is 294 g/mol. The van der Waals surface area contributed by atoms with Gasteiger partial charge in [-0.05, 0) is 6.92 Å². The van der Waals surface area contributed by atoms with E-state index in [-0.39, 0.29) is 24.5 Å². The first-order valence-electron chi connectivity index (χ1n) is 5.85. The van der Waals surface area contributed by atoms with E-state index in [1.807, 2.05) is 0 Å².